The van der Waals surface area contributed by atoms with Crippen LogP contribution in [0.3, 0.4) is 0 Å². The molecule has 42 heavy (non-hydrogen) atoms. The molecule has 7 rings (SSSR count). The molecular formula is C32H28N5O4P. The molecule has 0 spiro atoms. The van der Waals surface area contributed by atoms with E-state index in [0.29, 0.717) is 43.3 Å². The summed E-state index contributed by atoms with van der Waals surface area (Å²) in [6.45, 7) is 2.32. The number of hydrogen-bond donors (Lipinski definition) is 1. The van der Waals surface area contributed by atoms with Crippen LogP contribution in [0.4, 0.5) is 17.1 Å². The standard InChI is InChI=1S/C32H28N5O4P/c38-42(30-8-2-1-3-9-30,40-28-10-12-31-24(16-28)20-36(22-35-31)26-6-4-14-33-18-26)41-29-11-13-32-25(17-29)21-37(23-39-32)27-7-5-15-34-19-27/h1-19,35H,20-23H2. The minimum Gasteiger partial charge on any atom is -0.473 e. The average molecular weight is 578 g/mol. The summed E-state index contributed by atoms with van der Waals surface area (Å²) in [5.74, 6) is 1.65. The predicted molar refractivity (Wildman–Crippen MR) is 163 cm³/mol. The second-order valence-electron chi connectivity index (χ2n) is 10.0. The summed E-state index contributed by atoms with van der Waals surface area (Å²) in [7, 11) is -3.84. The van der Waals surface area contributed by atoms with E-state index in [1.807, 2.05) is 79.0 Å². The molecule has 2 aliphatic rings. The summed E-state index contributed by atoms with van der Waals surface area (Å²) in [6.07, 6.45) is 7.14. The van der Waals surface area contributed by atoms with Gasteiger partial charge in [0.05, 0.1) is 42.3 Å². The molecule has 0 bridgehead atoms. The Morgan fingerprint density at radius 3 is 2.12 bits per heavy atom. The lowest BCUT2D eigenvalue weighted by Gasteiger charge is -2.32. The molecule has 4 heterocycles. The first kappa shape index (κ1) is 25.9. The maximum Gasteiger partial charge on any atom is 0.462 e. The SMILES string of the molecule is O=P(Oc1ccc2c(c1)CN(c1cccnc1)CN2)(Oc1ccc2c(c1)CN(c1cccnc1)CO2)c1ccccc1. The Morgan fingerprint density at radius 1 is 0.738 bits per heavy atom. The largest absolute Gasteiger partial charge is 0.473 e. The Morgan fingerprint density at radius 2 is 1.40 bits per heavy atom. The first-order valence-electron chi connectivity index (χ1n) is 13.6. The van der Waals surface area contributed by atoms with Crippen LogP contribution in [0.2, 0.25) is 0 Å². The number of hydrogen-bond acceptors (Lipinski definition) is 9. The Balaban J connectivity index is 1.16. The lowest BCUT2D eigenvalue weighted by atomic mass is 10.1. The lowest BCUT2D eigenvalue weighted by Crippen LogP contribution is -2.33. The maximum absolute atomic E-state index is 14.5. The van der Waals surface area contributed by atoms with Crippen LogP contribution in [0, 0.1) is 0 Å². The van der Waals surface area contributed by atoms with E-state index in [1.54, 1.807) is 36.8 Å². The number of rotatable bonds is 7. The van der Waals surface area contributed by atoms with Crippen LogP contribution < -0.4 is 34.2 Å². The number of nitrogens with zero attached hydrogens (tertiary/aromatic N) is 4. The van der Waals surface area contributed by atoms with E-state index in [9.17, 15) is 4.57 Å². The fraction of sp³-hybridized carbons (Fsp3) is 0.125. The highest BCUT2D eigenvalue weighted by Crippen LogP contribution is 2.49. The van der Waals surface area contributed by atoms with Gasteiger partial charge in [0.1, 0.15) is 17.2 Å². The third-order valence-corrected chi connectivity index (χ3v) is 9.05. The zero-order valence-corrected chi connectivity index (χ0v) is 23.6. The van der Waals surface area contributed by atoms with Crippen molar-refractivity contribution in [1.29, 1.82) is 0 Å². The van der Waals surface area contributed by atoms with Crippen LogP contribution in [0.15, 0.2) is 116 Å². The van der Waals surface area contributed by atoms with Crippen LogP contribution in [0.1, 0.15) is 11.1 Å². The van der Waals surface area contributed by atoms with Crippen LogP contribution in [0.5, 0.6) is 17.2 Å². The average Bonchev–Trinajstić information content (AvgIpc) is 3.05. The number of benzene rings is 3. The summed E-state index contributed by atoms with van der Waals surface area (Å²) < 4.78 is 33.0. The van der Waals surface area contributed by atoms with Crippen molar-refractivity contribution in [3.05, 3.63) is 127 Å². The summed E-state index contributed by atoms with van der Waals surface area (Å²) >= 11 is 0. The van der Waals surface area contributed by atoms with E-state index < -0.39 is 7.60 Å². The molecule has 5 aromatic rings. The molecular weight excluding hydrogens is 549 g/mol. The Hall–Kier alpha value is -5.01. The van der Waals surface area contributed by atoms with E-state index in [0.717, 1.165) is 33.9 Å². The molecule has 2 aromatic heterocycles. The molecule has 3 aromatic carbocycles. The van der Waals surface area contributed by atoms with E-state index in [2.05, 4.69) is 25.1 Å². The molecule has 10 heteroatoms. The molecule has 0 amide bonds. The van der Waals surface area contributed by atoms with E-state index in [1.165, 1.54) is 0 Å². The topological polar surface area (TPSA) is 89.0 Å². The molecule has 0 aliphatic carbocycles. The molecule has 2 aliphatic heterocycles. The van der Waals surface area contributed by atoms with Crippen LogP contribution >= 0.6 is 7.60 Å². The minimum absolute atomic E-state index is 0.413. The first-order chi connectivity index (χ1) is 20.6. The molecule has 210 valence electrons. The van der Waals surface area contributed by atoms with Crippen LogP contribution in [0.25, 0.3) is 0 Å². The van der Waals surface area contributed by atoms with Gasteiger partial charge in [-0.05, 0) is 78.4 Å². The molecule has 0 saturated carbocycles. The predicted octanol–water partition coefficient (Wildman–Crippen LogP) is 6.20. The first-order valence-corrected chi connectivity index (χ1v) is 15.1. The molecule has 0 fully saturated rings. The van der Waals surface area contributed by atoms with Gasteiger partial charge < -0.3 is 28.9 Å². The minimum atomic E-state index is -3.84. The summed E-state index contributed by atoms with van der Waals surface area (Å²) in [5.41, 5.74) is 4.91. The van der Waals surface area contributed by atoms with Crippen LogP contribution in [-0.4, -0.2) is 23.4 Å². The van der Waals surface area contributed by atoms with Crippen molar-refractivity contribution in [2.45, 2.75) is 13.1 Å². The van der Waals surface area contributed by atoms with Crippen molar-refractivity contribution < 1.29 is 18.3 Å². The number of ether oxygens (including phenoxy) is 1. The van der Waals surface area contributed by atoms with E-state index in [-0.39, 0.29) is 0 Å². The van der Waals surface area contributed by atoms with Crippen molar-refractivity contribution in [2.75, 3.05) is 28.5 Å². The van der Waals surface area contributed by atoms with Gasteiger partial charge in [-0.3, -0.25) is 9.97 Å². The van der Waals surface area contributed by atoms with Gasteiger partial charge >= 0.3 is 7.60 Å². The third kappa shape index (κ3) is 5.34. The number of nitrogens with one attached hydrogen (secondary N) is 1. The van der Waals surface area contributed by atoms with Crippen molar-refractivity contribution in [1.82, 2.24) is 9.97 Å². The second kappa shape index (κ2) is 11.1. The van der Waals surface area contributed by atoms with Crippen molar-refractivity contribution >= 4 is 30.0 Å². The molecule has 1 unspecified atom stereocenters. The molecule has 0 saturated heterocycles. The number of pyridine rings is 2. The van der Waals surface area contributed by atoms with E-state index >= 15 is 0 Å². The normalized spacial score (nSPS) is 15.3. The molecule has 9 nitrogen and oxygen atoms in total. The van der Waals surface area contributed by atoms with Crippen molar-refractivity contribution in [3.63, 3.8) is 0 Å². The lowest BCUT2D eigenvalue weighted by molar-refractivity contribution is 0.288. The summed E-state index contributed by atoms with van der Waals surface area (Å²) in [4.78, 5) is 12.7. The quantitative estimate of drug-likeness (QED) is 0.227. The molecule has 1 atom stereocenters. The Labute approximate surface area is 243 Å². The van der Waals surface area contributed by atoms with Crippen LogP contribution in [-0.2, 0) is 17.7 Å². The van der Waals surface area contributed by atoms with Gasteiger partial charge in [-0.25, -0.2) is 4.57 Å². The van der Waals surface area contributed by atoms with Gasteiger partial charge in [0.15, 0.2) is 6.73 Å². The number of fused-ring (bicyclic) bond motifs is 2. The fourth-order valence-electron chi connectivity index (χ4n) is 5.09. The third-order valence-electron chi connectivity index (χ3n) is 7.21. The second-order valence-corrected chi connectivity index (χ2v) is 11.9. The fourth-order valence-corrected chi connectivity index (χ4v) is 6.66. The highest BCUT2D eigenvalue weighted by atomic mass is 31.2. The highest BCUT2D eigenvalue weighted by Gasteiger charge is 2.32. The smallest absolute Gasteiger partial charge is 0.462 e. The van der Waals surface area contributed by atoms with Gasteiger partial charge in [-0.2, -0.15) is 0 Å². The zero-order valence-electron chi connectivity index (χ0n) is 22.7. The van der Waals surface area contributed by atoms with E-state index in [4.69, 9.17) is 13.8 Å². The maximum atomic E-state index is 14.5. The van der Waals surface area contributed by atoms with Gasteiger partial charge in [-0.1, -0.05) is 18.2 Å². The molecule has 0 radical (unpaired) electrons. The number of anilines is 3. The molecule has 1 N–H and O–H groups in total. The van der Waals surface area contributed by atoms with Crippen molar-refractivity contribution in [2.24, 2.45) is 0 Å². The summed E-state index contributed by atoms with van der Waals surface area (Å²) in [6, 6.07) is 28.0. The zero-order chi connectivity index (χ0) is 28.4. The Bertz CT molecular complexity index is 1630. The van der Waals surface area contributed by atoms with Gasteiger partial charge in [0, 0.05) is 30.2 Å². The monoisotopic (exact) mass is 577 g/mol. The summed E-state index contributed by atoms with van der Waals surface area (Å²) in [5, 5.41) is 3.90. The highest BCUT2D eigenvalue weighted by molar-refractivity contribution is 7.63. The van der Waals surface area contributed by atoms with Crippen molar-refractivity contribution in [3.8, 4) is 17.2 Å². The number of aromatic nitrogens is 2. The van der Waals surface area contributed by atoms with Gasteiger partial charge in [-0.15, -0.1) is 0 Å². The Kier molecular flexibility index (Phi) is 6.85. The van der Waals surface area contributed by atoms with Gasteiger partial charge in [0.2, 0.25) is 0 Å². The van der Waals surface area contributed by atoms with Gasteiger partial charge in [0.25, 0.3) is 0 Å².